The highest BCUT2D eigenvalue weighted by molar-refractivity contribution is 7.12. The lowest BCUT2D eigenvalue weighted by molar-refractivity contribution is 0.103. The van der Waals surface area contributed by atoms with Gasteiger partial charge >= 0.3 is 0 Å². The normalized spacial score (nSPS) is 11.2. The molecule has 1 amide bonds. The van der Waals surface area contributed by atoms with Crippen molar-refractivity contribution in [3.05, 3.63) is 98.7 Å². The Morgan fingerprint density at radius 3 is 2.76 bits per heavy atom. The van der Waals surface area contributed by atoms with Crippen molar-refractivity contribution in [1.82, 2.24) is 19.6 Å². The van der Waals surface area contributed by atoms with Gasteiger partial charge < -0.3 is 5.32 Å². The summed E-state index contributed by atoms with van der Waals surface area (Å²) in [6.07, 6.45) is 3.53. The zero-order chi connectivity index (χ0) is 22.9. The van der Waals surface area contributed by atoms with Crippen molar-refractivity contribution in [1.29, 1.82) is 0 Å². The Hall–Kier alpha value is -3.42. The van der Waals surface area contributed by atoms with Crippen LogP contribution in [0.25, 0.3) is 10.8 Å². The summed E-state index contributed by atoms with van der Waals surface area (Å²) in [5.74, 6) is -0.151. The summed E-state index contributed by atoms with van der Waals surface area (Å²) < 4.78 is 3.70. The number of halogens is 1. The van der Waals surface area contributed by atoms with E-state index in [1.54, 1.807) is 6.20 Å². The number of amides is 1. The van der Waals surface area contributed by atoms with Crippen molar-refractivity contribution in [3.63, 3.8) is 0 Å². The van der Waals surface area contributed by atoms with E-state index in [0.717, 1.165) is 17.0 Å². The number of hydrogen-bond donors (Lipinski definition) is 1. The van der Waals surface area contributed by atoms with Crippen molar-refractivity contribution >= 4 is 45.3 Å². The number of carbonyl (C=O) groups excluding carboxylic acids is 1. The molecule has 0 aliphatic carbocycles. The van der Waals surface area contributed by atoms with E-state index in [0.29, 0.717) is 28.7 Å². The Balaban J connectivity index is 1.26. The molecule has 0 radical (unpaired) electrons. The molecule has 0 spiro atoms. The van der Waals surface area contributed by atoms with Gasteiger partial charge in [-0.2, -0.15) is 10.2 Å². The molecule has 6 nitrogen and oxygen atoms in total. The van der Waals surface area contributed by atoms with Crippen LogP contribution in [0.3, 0.4) is 0 Å². The Labute approximate surface area is 200 Å². The van der Waals surface area contributed by atoms with Crippen LogP contribution >= 0.6 is 22.9 Å². The molecule has 0 saturated heterocycles. The van der Waals surface area contributed by atoms with E-state index in [2.05, 4.69) is 45.8 Å². The van der Waals surface area contributed by atoms with Gasteiger partial charge in [-0.3, -0.25) is 14.2 Å². The van der Waals surface area contributed by atoms with E-state index in [-0.39, 0.29) is 5.91 Å². The number of aromatic nitrogens is 4. The first kappa shape index (κ1) is 21.4. The van der Waals surface area contributed by atoms with Crippen molar-refractivity contribution in [3.8, 4) is 0 Å². The molecule has 0 aliphatic heterocycles. The van der Waals surface area contributed by atoms with E-state index in [9.17, 15) is 4.79 Å². The van der Waals surface area contributed by atoms with Crippen LogP contribution in [-0.2, 0) is 13.1 Å². The molecule has 0 aliphatic rings. The van der Waals surface area contributed by atoms with Crippen LogP contribution in [0, 0.1) is 13.8 Å². The zero-order valence-corrected chi connectivity index (χ0v) is 19.8. The SMILES string of the molecule is Cc1nn(Cc2csc(C(=O)Nc3cnn(Cc4cccc5ccccc45)c3)c2)c(C)c1Cl. The molecular weight excluding hydrogens is 454 g/mol. The van der Waals surface area contributed by atoms with Gasteiger partial charge in [0.05, 0.1) is 46.3 Å². The molecule has 5 aromatic rings. The van der Waals surface area contributed by atoms with E-state index < -0.39 is 0 Å². The molecule has 3 heterocycles. The lowest BCUT2D eigenvalue weighted by Crippen LogP contribution is -2.10. The van der Waals surface area contributed by atoms with E-state index in [1.807, 2.05) is 53.0 Å². The predicted octanol–water partition coefficient (Wildman–Crippen LogP) is 5.91. The van der Waals surface area contributed by atoms with Crippen molar-refractivity contribution < 1.29 is 4.79 Å². The number of fused-ring (bicyclic) bond motifs is 1. The van der Waals surface area contributed by atoms with Gasteiger partial charge in [0, 0.05) is 6.20 Å². The molecule has 0 unspecified atom stereocenters. The third-order valence-electron chi connectivity index (χ3n) is 5.61. The predicted molar refractivity (Wildman–Crippen MR) is 133 cm³/mol. The fraction of sp³-hybridized carbons (Fsp3) is 0.160. The highest BCUT2D eigenvalue weighted by atomic mass is 35.5. The van der Waals surface area contributed by atoms with Gasteiger partial charge in [0.1, 0.15) is 0 Å². The summed E-state index contributed by atoms with van der Waals surface area (Å²) in [4.78, 5) is 13.4. The van der Waals surface area contributed by atoms with Gasteiger partial charge in [-0.05, 0) is 47.2 Å². The molecule has 3 aromatic heterocycles. The quantitative estimate of drug-likeness (QED) is 0.332. The molecule has 0 fully saturated rings. The molecule has 0 saturated carbocycles. The minimum absolute atomic E-state index is 0.151. The highest BCUT2D eigenvalue weighted by Gasteiger charge is 2.14. The first-order chi connectivity index (χ1) is 16.0. The largest absolute Gasteiger partial charge is 0.319 e. The molecular formula is C25H22ClN5OS. The fourth-order valence-corrected chi connectivity index (χ4v) is 4.83. The zero-order valence-electron chi connectivity index (χ0n) is 18.2. The average Bonchev–Trinajstić information content (AvgIpc) is 3.52. The van der Waals surface area contributed by atoms with Crippen LogP contribution in [-0.4, -0.2) is 25.5 Å². The lowest BCUT2D eigenvalue weighted by Gasteiger charge is -2.06. The van der Waals surface area contributed by atoms with Crippen LogP contribution in [0.5, 0.6) is 0 Å². The number of hydrogen-bond acceptors (Lipinski definition) is 4. The summed E-state index contributed by atoms with van der Waals surface area (Å²) in [6, 6.07) is 16.5. The summed E-state index contributed by atoms with van der Waals surface area (Å²) in [6.45, 7) is 5.04. The van der Waals surface area contributed by atoms with Crippen molar-refractivity contribution in [2.75, 3.05) is 5.32 Å². The Morgan fingerprint density at radius 1 is 1.12 bits per heavy atom. The first-order valence-corrected chi connectivity index (χ1v) is 11.8. The number of nitrogens with zero attached hydrogens (tertiary/aromatic N) is 4. The topological polar surface area (TPSA) is 64.7 Å². The molecule has 33 heavy (non-hydrogen) atoms. The van der Waals surface area contributed by atoms with Crippen molar-refractivity contribution in [2.45, 2.75) is 26.9 Å². The third kappa shape index (κ3) is 4.42. The summed E-state index contributed by atoms with van der Waals surface area (Å²) >= 11 is 7.65. The second-order valence-electron chi connectivity index (χ2n) is 7.98. The van der Waals surface area contributed by atoms with Crippen LogP contribution in [0.4, 0.5) is 5.69 Å². The maximum absolute atomic E-state index is 12.8. The van der Waals surface area contributed by atoms with Crippen LogP contribution in [0.2, 0.25) is 5.02 Å². The molecule has 0 atom stereocenters. The van der Waals surface area contributed by atoms with E-state index in [4.69, 9.17) is 11.6 Å². The third-order valence-corrected chi connectivity index (χ3v) is 7.13. The van der Waals surface area contributed by atoms with Crippen LogP contribution < -0.4 is 5.32 Å². The van der Waals surface area contributed by atoms with Crippen molar-refractivity contribution in [2.24, 2.45) is 0 Å². The minimum atomic E-state index is -0.151. The number of anilines is 1. The Bertz CT molecular complexity index is 1460. The summed E-state index contributed by atoms with van der Waals surface area (Å²) in [5.41, 5.74) is 4.59. The first-order valence-electron chi connectivity index (χ1n) is 10.6. The van der Waals surface area contributed by atoms with E-state index in [1.165, 1.54) is 27.7 Å². The van der Waals surface area contributed by atoms with Crippen LogP contribution in [0.15, 0.2) is 66.3 Å². The minimum Gasteiger partial charge on any atom is -0.319 e. The van der Waals surface area contributed by atoms with Gasteiger partial charge in [-0.1, -0.05) is 54.1 Å². The number of carbonyl (C=O) groups is 1. The van der Waals surface area contributed by atoms with Gasteiger partial charge in [-0.25, -0.2) is 0 Å². The number of aryl methyl sites for hydroxylation is 1. The molecule has 166 valence electrons. The maximum atomic E-state index is 12.8. The number of nitrogens with one attached hydrogen (secondary N) is 1. The monoisotopic (exact) mass is 475 g/mol. The molecule has 8 heteroatoms. The smallest absolute Gasteiger partial charge is 0.265 e. The van der Waals surface area contributed by atoms with Gasteiger partial charge in [0.2, 0.25) is 0 Å². The number of thiophene rings is 1. The highest BCUT2D eigenvalue weighted by Crippen LogP contribution is 2.23. The molecule has 1 N–H and O–H groups in total. The van der Waals surface area contributed by atoms with Crippen LogP contribution in [0.1, 0.15) is 32.2 Å². The van der Waals surface area contributed by atoms with Gasteiger partial charge in [0.15, 0.2) is 0 Å². The lowest BCUT2D eigenvalue weighted by atomic mass is 10.0. The van der Waals surface area contributed by atoms with E-state index >= 15 is 0 Å². The summed E-state index contributed by atoms with van der Waals surface area (Å²) in [5, 5.41) is 16.9. The second kappa shape index (κ2) is 8.84. The molecule has 2 aromatic carbocycles. The Morgan fingerprint density at radius 2 is 1.94 bits per heavy atom. The number of benzene rings is 2. The standard InChI is InChI=1S/C25H22ClN5OS/c1-16-24(26)17(2)31(29-16)12-18-10-23(33-15-18)25(32)28-21-11-27-30(14-21)13-20-8-5-7-19-6-3-4-9-22(19)20/h3-11,14-15H,12-13H2,1-2H3,(H,28,32). The van der Waals surface area contributed by atoms with Gasteiger partial charge in [0.25, 0.3) is 5.91 Å². The fourth-order valence-electron chi connectivity index (χ4n) is 3.89. The number of rotatable bonds is 6. The molecule has 5 rings (SSSR count). The molecule has 0 bridgehead atoms. The summed E-state index contributed by atoms with van der Waals surface area (Å²) in [7, 11) is 0. The van der Waals surface area contributed by atoms with Gasteiger partial charge in [-0.15, -0.1) is 11.3 Å². The Kier molecular flexibility index (Phi) is 5.74. The maximum Gasteiger partial charge on any atom is 0.265 e. The second-order valence-corrected chi connectivity index (χ2v) is 9.27. The average molecular weight is 476 g/mol.